The molecule has 0 radical (unpaired) electrons. The minimum Gasteiger partial charge on any atom is -0.229 e. The molecule has 0 aromatic carbocycles. The van der Waals surface area contributed by atoms with Crippen LogP contribution in [0.25, 0.3) is 0 Å². The second-order valence-electron chi connectivity index (χ2n) is 5.86. The lowest BCUT2D eigenvalue weighted by Crippen LogP contribution is -2.19. The van der Waals surface area contributed by atoms with Crippen LogP contribution in [0, 0.1) is 0 Å². The van der Waals surface area contributed by atoms with E-state index in [1.54, 1.807) is 0 Å². The van der Waals surface area contributed by atoms with Gasteiger partial charge in [0, 0.05) is 6.26 Å². The first-order valence-electron chi connectivity index (χ1n) is 8.21. The minimum atomic E-state index is -2.85. The van der Waals surface area contributed by atoms with Crippen molar-refractivity contribution in [2.24, 2.45) is 0 Å². The number of sulfone groups is 1. The molecule has 0 unspecified atom stereocenters. The fourth-order valence-corrected chi connectivity index (χ4v) is 3.71. The molecule has 0 aliphatic rings. The van der Waals surface area contributed by atoms with Crippen LogP contribution in [-0.2, 0) is 9.84 Å². The van der Waals surface area contributed by atoms with Crippen molar-refractivity contribution < 1.29 is 8.42 Å². The van der Waals surface area contributed by atoms with Gasteiger partial charge in [0.2, 0.25) is 0 Å². The van der Waals surface area contributed by atoms with E-state index in [4.69, 9.17) is 0 Å². The van der Waals surface area contributed by atoms with Gasteiger partial charge in [-0.15, -0.1) is 0 Å². The van der Waals surface area contributed by atoms with E-state index >= 15 is 0 Å². The highest BCUT2D eigenvalue weighted by atomic mass is 32.2. The summed E-state index contributed by atoms with van der Waals surface area (Å²) in [6.07, 6.45) is 15.2. The lowest BCUT2D eigenvalue weighted by atomic mass is 10.0. The van der Waals surface area contributed by atoms with Gasteiger partial charge in [0.05, 0.1) is 5.25 Å². The first-order chi connectivity index (χ1) is 9.02. The molecule has 0 bridgehead atoms. The molecule has 3 heteroatoms. The van der Waals surface area contributed by atoms with Gasteiger partial charge in [-0.1, -0.05) is 78.1 Å². The van der Waals surface area contributed by atoms with E-state index in [1.165, 1.54) is 57.6 Å². The van der Waals surface area contributed by atoms with Crippen LogP contribution in [0.15, 0.2) is 0 Å². The Kier molecular flexibility index (Phi) is 11.7. The quantitative estimate of drug-likeness (QED) is 0.441. The highest BCUT2D eigenvalue weighted by Crippen LogP contribution is 2.18. The van der Waals surface area contributed by atoms with Crippen LogP contribution in [0.3, 0.4) is 0 Å². The maximum absolute atomic E-state index is 11.8. The average molecular weight is 291 g/mol. The molecule has 0 heterocycles. The summed E-state index contributed by atoms with van der Waals surface area (Å²) < 4.78 is 23.5. The molecule has 2 nitrogen and oxygen atoms in total. The fourth-order valence-electron chi connectivity index (χ4n) is 2.52. The maximum Gasteiger partial charge on any atom is 0.150 e. The van der Waals surface area contributed by atoms with E-state index in [-0.39, 0.29) is 5.25 Å². The SMILES string of the molecule is CCCCCCCC(CCCCCCC)S(C)(=O)=O. The summed E-state index contributed by atoms with van der Waals surface area (Å²) >= 11 is 0. The Morgan fingerprint density at radius 1 is 0.684 bits per heavy atom. The number of hydrogen-bond acceptors (Lipinski definition) is 2. The Morgan fingerprint density at radius 3 is 1.37 bits per heavy atom. The molecule has 0 aromatic heterocycles. The number of hydrogen-bond donors (Lipinski definition) is 0. The maximum atomic E-state index is 11.8. The van der Waals surface area contributed by atoms with Gasteiger partial charge in [0.15, 0.2) is 0 Å². The summed E-state index contributed by atoms with van der Waals surface area (Å²) in [6, 6.07) is 0. The van der Waals surface area contributed by atoms with Crippen molar-refractivity contribution in [2.75, 3.05) is 6.26 Å². The molecule has 0 aliphatic carbocycles. The lowest BCUT2D eigenvalue weighted by molar-refractivity contribution is 0.519. The van der Waals surface area contributed by atoms with Crippen molar-refractivity contribution in [1.82, 2.24) is 0 Å². The van der Waals surface area contributed by atoms with Gasteiger partial charge in [-0.2, -0.15) is 0 Å². The van der Waals surface area contributed by atoms with Crippen LogP contribution in [0.1, 0.15) is 90.9 Å². The van der Waals surface area contributed by atoms with Gasteiger partial charge in [-0.25, -0.2) is 8.42 Å². The Morgan fingerprint density at radius 2 is 1.05 bits per heavy atom. The summed E-state index contributed by atoms with van der Waals surface area (Å²) in [5.74, 6) is 0. The van der Waals surface area contributed by atoms with Crippen LogP contribution in [0.5, 0.6) is 0 Å². The normalized spacial score (nSPS) is 12.2. The first kappa shape index (κ1) is 18.9. The molecule has 0 atom stereocenters. The van der Waals surface area contributed by atoms with Crippen molar-refractivity contribution in [3.8, 4) is 0 Å². The van der Waals surface area contributed by atoms with Crippen molar-refractivity contribution in [2.45, 2.75) is 96.1 Å². The van der Waals surface area contributed by atoms with Gasteiger partial charge in [-0.3, -0.25) is 0 Å². The Bertz CT molecular complexity index is 269. The minimum absolute atomic E-state index is 0.0873. The Labute approximate surface area is 121 Å². The standard InChI is InChI=1S/C16H34O2S/c1-4-6-8-10-12-14-16(19(3,17)18)15-13-11-9-7-5-2/h16H,4-15H2,1-3H3. The van der Waals surface area contributed by atoms with E-state index in [1.807, 2.05) is 0 Å². The van der Waals surface area contributed by atoms with Gasteiger partial charge in [0.1, 0.15) is 9.84 Å². The topological polar surface area (TPSA) is 34.1 Å². The van der Waals surface area contributed by atoms with Gasteiger partial charge >= 0.3 is 0 Å². The molecule has 0 saturated carbocycles. The van der Waals surface area contributed by atoms with E-state index in [9.17, 15) is 8.42 Å². The molecule has 0 saturated heterocycles. The summed E-state index contributed by atoms with van der Waals surface area (Å²) in [5, 5.41) is -0.0873. The molecule has 0 aliphatic heterocycles. The van der Waals surface area contributed by atoms with Crippen molar-refractivity contribution in [1.29, 1.82) is 0 Å². The monoisotopic (exact) mass is 290 g/mol. The van der Waals surface area contributed by atoms with Crippen LogP contribution in [0.2, 0.25) is 0 Å². The Balaban J connectivity index is 3.84. The first-order valence-corrected chi connectivity index (χ1v) is 10.2. The molecule has 0 rings (SSSR count). The molecule has 19 heavy (non-hydrogen) atoms. The molecule has 0 spiro atoms. The fraction of sp³-hybridized carbons (Fsp3) is 1.00. The van der Waals surface area contributed by atoms with Gasteiger partial charge in [-0.05, 0) is 12.8 Å². The number of unbranched alkanes of at least 4 members (excludes halogenated alkanes) is 8. The highest BCUT2D eigenvalue weighted by Gasteiger charge is 2.19. The van der Waals surface area contributed by atoms with E-state index in [0.717, 1.165) is 25.7 Å². The average Bonchev–Trinajstić information content (AvgIpc) is 2.34. The zero-order chi connectivity index (χ0) is 14.6. The molecule has 0 amide bonds. The molecule has 116 valence electrons. The van der Waals surface area contributed by atoms with Gasteiger partial charge < -0.3 is 0 Å². The Hall–Kier alpha value is -0.0500. The molecule has 0 N–H and O–H groups in total. The third kappa shape index (κ3) is 11.5. The second kappa shape index (κ2) is 11.7. The third-order valence-electron chi connectivity index (χ3n) is 3.86. The smallest absolute Gasteiger partial charge is 0.150 e. The van der Waals surface area contributed by atoms with Crippen LogP contribution < -0.4 is 0 Å². The highest BCUT2D eigenvalue weighted by molar-refractivity contribution is 7.91. The van der Waals surface area contributed by atoms with Crippen molar-refractivity contribution in [3.63, 3.8) is 0 Å². The van der Waals surface area contributed by atoms with Crippen LogP contribution in [0.4, 0.5) is 0 Å². The van der Waals surface area contributed by atoms with E-state index in [0.29, 0.717) is 0 Å². The largest absolute Gasteiger partial charge is 0.229 e. The predicted molar refractivity (Wildman–Crippen MR) is 85.4 cm³/mol. The van der Waals surface area contributed by atoms with Crippen LogP contribution >= 0.6 is 0 Å². The van der Waals surface area contributed by atoms with Crippen LogP contribution in [-0.4, -0.2) is 19.9 Å². The molecule has 0 aromatic rings. The zero-order valence-electron chi connectivity index (χ0n) is 13.3. The third-order valence-corrected chi connectivity index (χ3v) is 5.55. The van der Waals surface area contributed by atoms with E-state index < -0.39 is 9.84 Å². The van der Waals surface area contributed by atoms with Crippen molar-refractivity contribution in [3.05, 3.63) is 0 Å². The summed E-state index contributed by atoms with van der Waals surface area (Å²) in [4.78, 5) is 0. The lowest BCUT2D eigenvalue weighted by Gasteiger charge is -2.15. The predicted octanol–water partition coefficient (Wildman–Crippen LogP) is 5.12. The zero-order valence-corrected chi connectivity index (χ0v) is 14.1. The molecular weight excluding hydrogens is 256 g/mol. The second-order valence-corrected chi connectivity index (χ2v) is 8.18. The summed E-state index contributed by atoms with van der Waals surface area (Å²) in [6.45, 7) is 4.41. The van der Waals surface area contributed by atoms with Crippen molar-refractivity contribution >= 4 is 9.84 Å². The number of rotatable bonds is 13. The summed E-state index contributed by atoms with van der Waals surface area (Å²) in [5.41, 5.74) is 0. The van der Waals surface area contributed by atoms with Gasteiger partial charge in [0.25, 0.3) is 0 Å². The molecular formula is C16H34O2S. The van der Waals surface area contributed by atoms with E-state index in [2.05, 4.69) is 13.8 Å². The molecule has 0 fully saturated rings. The summed E-state index contributed by atoms with van der Waals surface area (Å²) in [7, 11) is -2.85.